The number of ether oxygens (including phenoxy) is 1. The predicted octanol–water partition coefficient (Wildman–Crippen LogP) is 2.11. The van der Waals surface area contributed by atoms with E-state index in [9.17, 15) is 9.90 Å². The fraction of sp³-hybridized carbons (Fsp3) is 0.450. The summed E-state index contributed by atoms with van der Waals surface area (Å²) in [5.41, 5.74) is 0.976. The summed E-state index contributed by atoms with van der Waals surface area (Å²) < 4.78 is 10.9. The number of rotatable bonds is 7. The molecule has 2 N–H and O–H groups in total. The number of carbonyl (C=O) groups is 1. The third-order valence-corrected chi connectivity index (χ3v) is 4.69. The predicted molar refractivity (Wildman–Crippen MR) is 97.8 cm³/mol. The third-order valence-electron chi connectivity index (χ3n) is 4.69. The fourth-order valence-corrected chi connectivity index (χ4v) is 3.12. The maximum Gasteiger partial charge on any atom is 0.252 e. The molecule has 1 aliphatic rings. The molecule has 1 aliphatic heterocycles. The molecule has 1 saturated heterocycles. The van der Waals surface area contributed by atoms with Crippen molar-refractivity contribution in [1.29, 1.82) is 0 Å². The molecule has 2 heterocycles. The van der Waals surface area contributed by atoms with Gasteiger partial charge in [0.1, 0.15) is 18.1 Å². The van der Waals surface area contributed by atoms with E-state index in [1.54, 1.807) is 6.26 Å². The normalized spacial score (nSPS) is 17.0. The zero-order chi connectivity index (χ0) is 18.4. The molecule has 1 aromatic heterocycles. The topological polar surface area (TPSA) is 74.9 Å². The van der Waals surface area contributed by atoms with Gasteiger partial charge in [-0.3, -0.25) is 9.69 Å². The summed E-state index contributed by atoms with van der Waals surface area (Å²) in [6.45, 7) is 4.45. The van der Waals surface area contributed by atoms with Crippen LogP contribution in [0.4, 0.5) is 0 Å². The van der Waals surface area contributed by atoms with Crippen LogP contribution in [-0.2, 0) is 11.3 Å². The first-order valence-electron chi connectivity index (χ1n) is 9.03. The zero-order valence-corrected chi connectivity index (χ0v) is 15.1. The smallest absolute Gasteiger partial charge is 0.252 e. The van der Waals surface area contributed by atoms with Gasteiger partial charge >= 0.3 is 0 Å². The number of aliphatic hydroxyl groups is 1. The van der Waals surface area contributed by atoms with Gasteiger partial charge < -0.3 is 19.6 Å². The number of nitrogens with zero attached hydrogens (tertiary/aromatic N) is 1. The number of benzene rings is 1. The van der Waals surface area contributed by atoms with Crippen LogP contribution in [0.15, 0.2) is 47.1 Å². The second kappa shape index (κ2) is 8.87. The fourth-order valence-electron chi connectivity index (χ4n) is 3.12. The molecule has 0 aliphatic carbocycles. The van der Waals surface area contributed by atoms with Gasteiger partial charge in [0.25, 0.3) is 5.91 Å². The van der Waals surface area contributed by atoms with E-state index in [0.29, 0.717) is 5.75 Å². The number of aliphatic hydroxyl groups excluding tert-OH is 1. The number of hydrogen-bond donors (Lipinski definition) is 2. The second-order valence-corrected chi connectivity index (χ2v) is 6.73. The van der Waals surface area contributed by atoms with Crippen molar-refractivity contribution in [2.75, 3.05) is 19.7 Å². The minimum absolute atomic E-state index is 0.0476. The van der Waals surface area contributed by atoms with Crippen LogP contribution in [0.5, 0.6) is 5.75 Å². The molecule has 1 atom stereocenters. The average Bonchev–Trinajstić information content (AvgIpc) is 3.15. The number of hydrogen-bond acceptors (Lipinski definition) is 5. The lowest BCUT2D eigenvalue weighted by atomic mass is 10.0. The first kappa shape index (κ1) is 18.5. The van der Waals surface area contributed by atoms with Gasteiger partial charge in [0.05, 0.1) is 12.8 Å². The van der Waals surface area contributed by atoms with Gasteiger partial charge in [-0.2, -0.15) is 0 Å². The highest BCUT2D eigenvalue weighted by Gasteiger charge is 2.24. The molecule has 1 fully saturated rings. The van der Waals surface area contributed by atoms with Crippen LogP contribution >= 0.6 is 0 Å². The number of aryl methyl sites for hydroxylation is 1. The van der Waals surface area contributed by atoms with Crippen LogP contribution in [0.3, 0.4) is 0 Å². The molecule has 3 rings (SSSR count). The van der Waals surface area contributed by atoms with Gasteiger partial charge in [-0.05, 0) is 43.5 Å². The van der Waals surface area contributed by atoms with Gasteiger partial charge in [0.15, 0.2) is 6.10 Å². The molecule has 0 spiro atoms. The Morgan fingerprint density at radius 2 is 2.08 bits per heavy atom. The lowest BCUT2D eigenvalue weighted by Gasteiger charge is -2.32. The summed E-state index contributed by atoms with van der Waals surface area (Å²) in [7, 11) is 0. The maximum atomic E-state index is 12.2. The molecule has 1 aromatic carbocycles. The Balaban J connectivity index is 1.38. The molecule has 6 nitrogen and oxygen atoms in total. The van der Waals surface area contributed by atoms with Crippen LogP contribution in [0, 0.1) is 6.92 Å². The van der Waals surface area contributed by atoms with E-state index in [1.165, 1.54) is 0 Å². The highest BCUT2D eigenvalue weighted by Crippen LogP contribution is 2.17. The van der Waals surface area contributed by atoms with Crippen LogP contribution in [0.25, 0.3) is 0 Å². The van der Waals surface area contributed by atoms with Crippen molar-refractivity contribution in [1.82, 2.24) is 10.2 Å². The van der Waals surface area contributed by atoms with Crippen LogP contribution in [-0.4, -0.2) is 47.8 Å². The Bertz CT molecular complexity index is 694. The summed E-state index contributed by atoms with van der Waals surface area (Å²) in [6, 6.07) is 11.5. The summed E-state index contributed by atoms with van der Waals surface area (Å²) in [5, 5.41) is 13.0. The number of likely N-dealkylation sites (tertiary alicyclic amines) is 1. The maximum absolute atomic E-state index is 12.2. The van der Waals surface area contributed by atoms with E-state index in [0.717, 1.165) is 43.8 Å². The first-order chi connectivity index (χ1) is 12.6. The van der Waals surface area contributed by atoms with Crippen molar-refractivity contribution >= 4 is 5.91 Å². The minimum atomic E-state index is -1.17. The van der Waals surface area contributed by atoms with E-state index >= 15 is 0 Å². The number of para-hydroxylation sites is 1. The number of carbonyl (C=O) groups excluding carboxylic acids is 1. The number of piperidine rings is 1. The third kappa shape index (κ3) is 5.09. The molecule has 1 amide bonds. The Morgan fingerprint density at radius 3 is 2.77 bits per heavy atom. The summed E-state index contributed by atoms with van der Waals surface area (Å²) >= 11 is 0. The first-order valence-corrected chi connectivity index (χ1v) is 9.03. The molecule has 26 heavy (non-hydrogen) atoms. The molecule has 140 valence electrons. The molecular weight excluding hydrogens is 332 g/mol. The van der Waals surface area contributed by atoms with Crippen LogP contribution < -0.4 is 10.1 Å². The molecule has 6 heteroatoms. The zero-order valence-electron chi connectivity index (χ0n) is 15.1. The quantitative estimate of drug-likeness (QED) is 0.793. The van der Waals surface area contributed by atoms with Gasteiger partial charge in [0, 0.05) is 19.1 Å². The Labute approximate surface area is 153 Å². The lowest BCUT2D eigenvalue weighted by Crippen LogP contribution is -2.48. The van der Waals surface area contributed by atoms with Crippen molar-refractivity contribution in [2.45, 2.75) is 38.5 Å². The van der Waals surface area contributed by atoms with E-state index in [4.69, 9.17) is 9.15 Å². The van der Waals surface area contributed by atoms with E-state index < -0.39 is 6.10 Å². The van der Waals surface area contributed by atoms with Gasteiger partial charge in [-0.15, -0.1) is 0 Å². The van der Waals surface area contributed by atoms with Crippen molar-refractivity contribution in [3.63, 3.8) is 0 Å². The summed E-state index contributed by atoms with van der Waals surface area (Å²) in [6.07, 6.45) is 2.23. The van der Waals surface area contributed by atoms with Crippen LogP contribution in [0.1, 0.15) is 24.2 Å². The highest BCUT2D eigenvalue weighted by atomic mass is 16.5. The molecule has 0 saturated carbocycles. The summed E-state index contributed by atoms with van der Waals surface area (Å²) in [4.78, 5) is 14.5. The van der Waals surface area contributed by atoms with Gasteiger partial charge in [-0.25, -0.2) is 0 Å². The van der Waals surface area contributed by atoms with Crippen molar-refractivity contribution in [3.8, 4) is 5.75 Å². The largest absolute Gasteiger partial charge is 0.490 e. The molecule has 0 radical (unpaired) electrons. The molecule has 2 aromatic rings. The van der Waals surface area contributed by atoms with Crippen LogP contribution in [0.2, 0.25) is 0 Å². The Hall–Kier alpha value is -2.31. The van der Waals surface area contributed by atoms with Crippen molar-refractivity contribution < 1.29 is 19.1 Å². The molecule has 1 unspecified atom stereocenters. The highest BCUT2D eigenvalue weighted by molar-refractivity contribution is 5.80. The second-order valence-electron chi connectivity index (χ2n) is 6.73. The van der Waals surface area contributed by atoms with Crippen molar-refractivity contribution in [3.05, 3.63) is 54.0 Å². The average molecular weight is 358 g/mol. The van der Waals surface area contributed by atoms with E-state index in [-0.39, 0.29) is 18.6 Å². The minimum Gasteiger partial charge on any atom is -0.490 e. The van der Waals surface area contributed by atoms with Gasteiger partial charge in [0.2, 0.25) is 0 Å². The standard InChI is InChI=1S/C20H26N2O4/c1-15-5-2-3-7-19(15)26-14-18(23)20(24)21-16-8-10-22(11-9-16)13-17-6-4-12-25-17/h2-7,12,16,18,23H,8-11,13-14H2,1H3,(H,21,24). The Kier molecular flexibility index (Phi) is 6.30. The lowest BCUT2D eigenvalue weighted by molar-refractivity contribution is -0.131. The van der Waals surface area contributed by atoms with E-state index in [1.807, 2.05) is 43.3 Å². The SMILES string of the molecule is Cc1ccccc1OCC(O)C(=O)NC1CCN(Cc2ccco2)CC1. The number of amides is 1. The summed E-state index contributed by atoms with van der Waals surface area (Å²) in [5.74, 6) is 1.27. The van der Waals surface area contributed by atoms with Gasteiger partial charge in [-0.1, -0.05) is 18.2 Å². The molecule has 0 bridgehead atoms. The number of nitrogens with one attached hydrogen (secondary N) is 1. The van der Waals surface area contributed by atoms with E-state index in [2.05, 4.69) is 10.2 Å². The van der Waals surface area contributed by atoms with Crippen molar-refractivity contribution in [2.24, 2.45) is 0 Å². The Morgan fingerprint density at radius 1 is 1.31 bits per heavy atom. The monoisotopic (exact) mass is 358 g/mol. The number of furan rings is 1. The molecular formula is C20H26N2O4.